The number of carbonyl (C=O) groups excluding carboxylic acids is 2. The van der Waals surface area contributed by atoms with E-state index in [0.717, 1.165) is 0 Å². The van der Waals surface area contributed by atoms with Crippen molar-refractivity contribution in [2.24, 2.45) is 11.8 Å². The van der Waals surface area contributed by atoms with Crippen LogP contribution >= 0.6 is 0 Å². The molecule has 0 radical (unpaired) electrons. The number of hydrogen-bond donors (Lipinski definition) is 2. The first kappa shape index (κ1) is 17.3. The normalized spacial score (nSPS) is 12.3. The largest absolute Gasteiger partial charge is 0.481 e. The maximum Gasteiger partial charge on any atom is 0.346 e. The lowest BCUT2D eigenvalue weighted by Gasteiger charge is -2.14. The van der Waals surface area contributed by atoms with Crippen LogP contribution in [0.15, 0.2) is 0 Å². The summed E-state index contributed by atoms with van der Waals surface area (Å²) >= 11 is 0. The lowest BCUT2D eigenvalue weighted by molar-refractivity contribution is -0.170. The molecule has 1 unspecified atom stereocenters. The summed E-state index contributed by atoms with van der Waals surface area (Å²) in [5, 5.41) is 8.61. The van der Waals surface area contributed by atoms with E-state index in [1.165, 1.54) is 0 Å². The highest BCUT2D eigenvalue weighted by atomic mass is 19.3. The van der Waals surface area contributed by atoms with Crippen molar-refractivity contribution in [3.8, 4) is 0 Å². The van der Waals surface area contributed by atoms with Crippen LogP contribution in [0, 0.1) is 11.8 Å². The quantitative estimate of drug-likeness (QED) is 0.543. The van der Waals surface area contributed by atoms with Gasteiger partial charge in [-0.3, -0.25) is 9.59 Å². The molecule has 0 aliphatic heterocycles. The summed E-state index contributed by atoms with van der Waals surface area (Å²) in [6.45, 7) is 3.51. The Hall–Kier alpha value is -1.73. The van der Waals surface area contributed by atoms with Crippen LogP contribution in [0.4, 0.5) is 8.78 Å². The zero-order valence-corrected chi connectivity index (χ0v) is 10.7. The number of carbonyl (C=O) groups is 3. The van der Waals surface area contributed by atoms with Gasteiger partial charge in [-0.25, -0.2) is 13.6 Å². The van der Waals surface area contributed by atoms with Gasteiger partial charge in [0, 0.05) is 12.3 Å². The van der Waals surface area contributed by atoms with Gasteiger partial charge in [-0.05, 0) is 12.8 Å². The van der Waals surface area contributed by atoms with Crippen molar-refractivity contribution in [3.63, 3.8) is 0 Å². The molecule has 0 fully saturated rings. The van der Waals surface area contributed by atoms with Crippen LogP contribution in [0.1, 0.15) is 33.1 Å². The monoisotopic (exact) mass is 281 g/mol. The number of carboxylic acid groups (broad SMARTS) is 1. The second-order valence-corrected chi connectivity index (χ2v) is 3.92. The Balaban J connectivity index is 4.42. The molecule has 0 saturated carbocycles. The summed E-state index contributed by atoms with van der Waals surface area (Å²) in [5.41, 5.74) is 1.80. The van der Waals surface area contributed by atoms with Gasteiger partial charge in [-0.1, -0.05) is 13.8 Å². The van der Waals surface area contributed by atoms with Crippen LogP contribution in [0.5, 0.6) is 0 Å². The molecule has 6 nitrogen and oxygen atoms in total. The molecule has 0 bridgehead atoms. The predicted molar refractivity (Wildman–Crippen MR) is 60.1 cm³/mol. The van der Waals surface area contributed by atoms with Crippen LogP contribution < -0.4 is 5.48 Å². The number of nitrogens with one attached hydrogen (secondary N) is 1. The molecule has 0 rings (SSSR count). The van der Waals surface area contributed by atoms with Crippen LogP contribution in [0.25, 0.3) is 0 Å². The number of alkyl halides is 2. The highest BCUT2D eigenvalue weighted by molar-refractivity contribution is 5.94. The molecule has 19 heavy (non-hydrogen) atoms. The summed E-state index contributed by atoms with van der Waals surface area (Å²) < 4.78 is 24.2. The summed E-state index contributed by atoms with van der Waals surface area (Å²) in [6, 6.07) is 0. The van der Waals surface area contributed by atoms with Crippen molar-refractivity contribution < 1.29 is 33.1 Å². The molecule has 0 aliphatic carbocycles. The van der Waals surface area contributed by atoms with Gasteiger partial charge in [0.25, 0.3) is 5.91 Å². The Labute approximate surface area is 109 Å². The van der Waals surface area contributed by atoms with Crippen LogP contribution in [0.3, 0.4) is 0 Å². The lowest BCUT2D eigenvalue weighted by Crippen LogP contribution is -2.37. The number of amides is 1. The Kier molecular flexibility index (Phi) is 7.62. The molecule has 2 N–H and O–H groups in total. The number of carboxylic acids is 1. The predicted octanol–water partition coefficient (Wildman–Crippen LogP) is 1.35. The third kappa shape index (κ3) is 6.12. The maximum atomic E-state index is 12.1. The van der Waals surface area contributed by atoms with Gasteiger partial charge in [0.1, 0.15) is 0 Å². The molecule has 0 aromatic heterocycles. The van der Waals surface area contributed by atoms with Gasteiger partial charge in [0.05, 0.1) is 0 Å². The first-order valence-electron chi connectivity index (χ1n) is 5.84. The third-order valence-corrected chi connectivity index (χ3v) is 2.61. The minimum atomic E-state index is -2.96. The number of rotatable bonds is 7. The van der Waals surface area contributed by atoms with Crippen LogP contribution in [-0.4, -0.2) is 29.4 Å². The van der Waals surface area contributed by atoms with Gasteiger partial charge < -0.3 is 9.94 Å². The third-order valence-electron chi connectivity index (χ3n) is 2.61. The molecule has 0 spiro atoms. The molecule has 0 aromatic carbocycles. The average Bonchev–Trinajstić information content (AvgIpc) is 2.34. The number of hydroxylamine groups is 1. The number of hydrogen-bond acceptors (Lipinski definition) is 4. The van der Waals surface area contributed by atoms with Gasteiger partial charge >= 0.3 is 11.9 Å². The zero-order chi connectivity index (χ0) is 15.0. The minimum absolute atomic E-state index is 0.383. The van der Waals surface area contributed by atoms with Crippen LogP contribution in [-0.2, 0) is 19.2 Å². The van der Waals surface area contributed by atoms with E-state index < -0.39 is 36.6 Å². The second-order valence-electron chi connectivity index (χ2n) is 3.92. The van der Waals surface area contributed by atoms with Gasteiger partial charge in [0.15, 0.2) is 5.92 Å². The van der Waals surface area contributed by atoms with E-state index in [1.54, 1.807) is 19.3 Å². The zero-order valence-electron chi connectivity index (χ0n) is 10.7. The maximum absolute atomic E-state index is 12.1. The van der Waals surface area contributed by atoms with Crippen molar-refractivity contribution in [1.29, 1.82) is 0 Å². The van der Waals surface area contributed by atoms with Gasteiger partial charge in [0.2, 0.25) is 6.43 Å². The molecule has 0 aliphatic rings. The second kappa shape index (κ2) is 8.39. The number of halogens is 2. The van der Waals surface area contributed by atoms with E-state index in [1.807, 2.05) is 0 Å². The first-order valence-corrected chi connectivity index (χ1v) is 5.84. The van der Waals surface area contributed by atoms with E-state index in [-0.39, 0.29) is 5.92 Å². The Morgan fingerprint density at radius 2 is 1.74 bits per heavy atom. The van der Waals surface area contributed by atoms with Crippen molar-refractivity contribution in [2.75, 3.05) is 0 Å². The van der Waals surface area contributed by atoms with Gasteiger partial charge in [-0.15, -0.1) is 0 Å². The molecular weight excluding hydrogens is 264 g/mol. The first-order chi connectivity index (χ1) is 8.83. The van der Waals surface area contributed by atoms with E-state index in [4.69, 9.17) is 5.11 Å². The van der Waals surface area contributed by atoms with Crippen LogP contribution in [0.2, 0.25) is 0 Å². The Bertz CT molecular complexity index is 331. The molecule has 1 atom stereocenters. The molecule has 0 heterocycles. The Morgan fingerprint density at radius 3 is 2.11 bits per heavy atom. The van der Waals surface area contributed by atoms with Crippen molar-refractivity contribution in [2.45, 2.75) is 39.5 Å². The summed E-state index contributed by atoms with van der Waals surface area (Å²) in [4.78, 5) is 37.6. The molecule has 1 amide bonds. The highest BCUT2D eigenvalue weighted by Crippen LogP contribution is 2.13. The average molecular weight is 281 g/mol. The minimum Gasteiger partial charge on any atom is -0.481 e. The standard InChI is InChI=1S/C11H17F2NO5/c1-3-6(4-2)9(15)14-19-11(18)7(10(16)17)5-8(12)13/h6-8H,3-5H2,1-2H3,(H,14,15)(H,16,17). The summed E-state index contributed by atoms with van der Waals surface area (Å²) in [6.07, 6.45) is -3.09. The fraction of sp³-hybridized carbons (Fsp3) is 0.727. The number of aliphatic carboxylic acids is 1. The summed E-state index contributed by atoms with van der Waals surface area (Å²) in [5.74, 6) is -6.10. The Morgan fingerprint density at radius 1 is 1.21 bits per heavy atom. The fourth-order valence-electron chi connectivity index (χ4n) is 1.39. The SMILES string of the molecule is CCC(CC)C(=O)NOC(=O)C(CC(F)F)C(=O)O. The molecule has 0 saturated heterocycles. The van der Waals surface area contributed by atoms with E-state index in [0.29, 0.717) is 12.8 Å². The fourth-order valence-corrected chi connectivity index (χ4v) is 1.39. The molecule has 0 aromatic rings. The van der Waals surface area contributed by atoms with E-state index in [9.17, 15) is 23.2 Å². The summed E-state index contributed by atoms with van der Waals surface area (Å²) in [7, 11) is 0. The van der Waals surface area contributed by atoms with Crippen molar-refractivity contribution in [1.82, 2.24) is 5.48 Å². The topological polar surface area (TPSA) is 92.7 Å². The molecule has 110 valence electrons. The smallest absolute Gasteiger partial charge is 0.346 e. The van der Waals surface area contributed by atoms with Gasteiger partial charge in [-0.2, -0.15) is 5.48 Å². The van der Waals surface area contributed by atoms with Crippen molar-refractivity contribution >= 4 is 17.8 Å². The molecular formula is C11H17F2NO5. The van der Waals surface area contributed by atoms with Crippen molar-refractivity contribution in [3.05, 3.63) is 0 Å². The lowest BCUT2D eigenvalue weighted by atomic mass is 10.0. The highest BCUT2D eigenvalue weighted by Gasteiger charge is 2.32. The van der Waals surface area contributed by atoms with E-state index in [2.05, 4.69) is 4.84 Å². The van der Waals surface area contributed by atoms with E-state index >= 15 is 0 Å². The molecule has 8 heteroatoms.